The van der Waals surface area contributed by atoms with Gasteiger partial charge >= 0.3 is 0 Å². The molecule has 2 N–H and O–H groups in total. The SMILES string of the molecule is CCOc1ccc(C(=O)NC(C)(C)CO)cc1OCC. The third kappa shape index (κ3) is 4.42. The van der Waals surface area contributed by atoms with Crippen molar-refractivity contribution in [1.82, 2.24) is 5.32 Å². The molecule has 0 aromatic heterocycles. The van der Waals surface area contributed by atoms with Gasteiger partial charge in [0.25, 0.3) is 5.91 Å². The van der Waals surface area contributed by atoms with Crippen LogP contribution in [0.15, 0.2) is 18.2 Å². The molecule has 1 aromatic carbocycles. The fourth-order valence-electron chi connectivity index (χ4n) is 1.61. The quantitative estimate of drug-likeness (QED) is 0.802. The summed E-state index contributed by atoms with van der Waals surface area (Å²) in [5, 5.41) is 11.9. The smallest absolute Gasteiger partial charge is 0.251 e. The van der Waals surface area contributed by atoms with Gasteiger partial charge < -0.3 is 19.9 Å². The molecule has 0 aliphatic rings. The minimum atomic E-state index is -0.665. The fraction of sp³-hybridized carbons (Fsp3) is 0.533. The Hall–Kier alpha value is -1.75. The van der Waals surface area contributed by atoms with Gasteiger partial charge in [-0.3, -0.25) is 4.79 Å². The molecule has 0 saturated carbocycles. The molecule has 20 heavy (non-hydrogen) atoms. The molecule has 5 heteroatoms. The monoisotopic (exact) mass is 281 g/mol. The maximum Gasteiger partial charge on any atom is 0.251 e. The van der Waals surface area contributed by atoms with Crippen LogP contribution < -0.4 is 14.8 Å². The second-order valence-corrected chi connectivity index (χ2v) is 5.02. The number of amides is 1. The van der Waals surface area contributed by atoms with Gasteiger partial charge in [-0.2, -0.15) is 0 Å². The normalized spacial score (nSPS) is 11.1. The summed E-state index contributed by atoms with van der Waals surface area (Å²) in [6.07, 6.45) is 0. The molecule has 0 unspecified atom stereocenters. The molecule has 0 heterocycles. The lowest BCUT2D eigenvalue weighted by Gasteiger charge is -2.23. The summed E-state index contributed by atoms with van der Waals surface area (Å²) in [5.41, 5.74) is -0.194. The molecule has 0 bridgehead atoms. The number of aliphatic hydroxyl groups excluding tert-OH is 1. The molecule has 0 atom stereocenters. The zero-order chi connectivity index (χ0) is 15.2. The van der Waals surface area contributed by atoms with E-state index in [-0.39, 0.29) is 12.5 Å². The van der Waals surface area contributed by atoms with Crippen LogP contribution in [-0.4, -0.2) is 36.4 Å². The summed E-state index contributed by atoms with van der Waals surface area (Å²) in [5.74, 6) is 0.907. The number of rotatable bonds is 7. The van der Waals surface area contributed by atoms with Crippen LogP contribution in [0.1, 0.15) is 38.1 Å². The highest BCUT2D eigenvalue weighted by Gasteiger charge is 2.21. The number of ether oxygens (including phenoxy) is 2. The summed E-state index contributed by atoms with van der Waals surface area (Å²) >= 11 is 0. The van der Waals surface area contributed by atoms with Gasteiger partial charge in [-0.25, -0.2) is 0 Å². The highest BCUT2D eigenvalue weighted by atomic mass is 16.5. The molecule has 0 fully saturated rings. The molecule has 5 nitrogen and oxygen atoms in total. The van der Waals surface area contributed by atoms with Crippen LogP contribution >= 0.6 is 0 Å². The first kappa shape index (κ1) is 16.3. The molecule has 1 rings (SSSR count). The van der Waals surface area contributed by atoms with Gasteiger partial charge in [0.2, 0.25) is 0 Å². The Morgan fingerprint density at radius 3 is 2.35 bits per heavy atom. The summed E-state index contributed by atoms with van der Waals surface area (Å²) < 4.78 is 10.9. The molecule has 112 valence electrons. The average molecular weight is 281 g/mol. The van der Waals surface area contributed by atoms with Crippen molar-refractivity contribution in [2.75, 3.05) is 19.8 Å². The van der Waals surface area contributed by atoms with Gasteiger partial charge in [0, 0.05) is 5.56 Å². The van der Waals surface area contributed by atoms with Crippen LogP contribution in [0.4, 0.5) is 0 Å². The summed E-state index contributed by atoms with van der Waals surface area (Å²) in [4.78, 5) is 12.1. The van der Waals surface area contributed by atoms with Crippen molar-refractivity contribution in [3.05, 3.63) is 23.8 Å². The van der Waals surface area contributed by atoms with E-state index in [0.29, 0.717) is 30.3 Å². The Labute approximate surface area is 119 Å². The van der Waals surface area contributed by atoms with E-state index in [1.165, 1.54) is 0 Å². The summed E-state index contributed by atoms with van der Waals surface area (Å²) in [6, 6.07) is 5.04. The van der Waals surface area contributed by atoms with Crippen LogP contribution in [0.5, 0.6) is 11.5 Å². The molecule has 1 aromatic rings. The van der Waals surface area contributed by atoms with Crippen molar-refractivity contribution in [3.8, 4) is 11.5 Å². The van der Waals surface area contributed by atoms with Crippen molar-refractivity contribution >= 4 is 5.91 Å². The summed E-state index contributed by atoms with van der Waals surface area (Å²) in [7, 11) is 0. The van der Waals surface area contributed by atoms with Crippen molar-refractivity contribution in [1.29, 1.82) is 0 Å². The zero-order valence-electron chi connectivity index (χ0n) is 12.5. The number of hydrogen-bond acceptors (Lipinski definition) is 4. The fourth-order valence-corrected chi connectivity index (χ4v) is 1.61. The third-order valence-corrected chi connectivity index (χ3v) is 2.65. The zero-order valence-corrected chi connectivity index (χ0v) is 12.5. The van der Waals surface area contributed by atoms with E-state index in [9.17, 15) is 9.90 Å². The van der Waals surface area contributed by atoms with E-state index >= 15 is 0 Å². The van der Waals surface area contributed by atoms with Gasteiger partial charge in [0.15, 0.2) is 11.5 Å². The topological polar surface area (TPSA) is 67.8 Å². The number of nitrogens with one attached hydrogen (secondary N) is 1. The van der Waals surface area contributed by atoms with E-state index in [2.05, 4.69) is 5.32 Å². The Bertz CT molecular complexity index is 457. The van der Waals surface area contributed by atoms with E-state index in [1.807, 2.05) is 13.8 Å². The van der Waals surface area contributed by atoms with E-state index in [1.54, 1.807) is 32.0 Å². The van der Waals surface area contributed by atoms with Crippen LogP contribution in [0.25, 0.3) is 0 Å². The Morgan fingerprint density at radius 2 is 1.80 bits per heavy atom. The highest BCUT2D eigenvalue weighted by Crippen LogP contribution is 2.28. The minimum Gasteiger partial charge on any atom is -0.490 e. The van der Waals surface area contributed by atoms with Gasteiger partial charge in [0.1, 0.15) is 0 Å². The molecule has 0 saturated heterocycles. The predicted octanol–water partition coefficient (Wildman–Crippen LogP) is 1.98. The minimum absolute atomic E-state index is 0.131. The number of carbonyl (C=O) groups excluding carboxylic acids is 1. The van der Waals surface area contributed by atoms with Crippen molar-refractivity contribution < 1.29 is 19.4 Å². The van der Waals surface area contributed by atoms with E-state index in [4.69, 9.17) is 9.47 Å². The lowest BCUT2D eigenvalue weighted by Crippen LogP contribution is -2.46. The molecule has 1 amide bonds. The Morgan fingerprint density at radius 1 is 1.20 bits per heavy atom. The standard InChI is InChI=1S/C15H23NO4/c1-5-19-12-8-7-11(9-13(12)20-6-2)14(18)16-15(3,4)10-17/h7-9,17H,5-6,10H2,1-4H3,(H,16,18). The second kappa shape index (κ2) is 7.14. The lowest BCUT2D eigenvalue weighted by molar-refractivity contribution is 0.0869. The number of hydrogen-bond donors (Lipinski definition) is 2. The Kier molecular flexibility index (Phi) is 5.82. The second-order valence-electron chi connectivity index (χ2n) is 5.02. The van der Waals surface area contributed by atoms with Gasteiger partial charge in [0.05, 0.1) is 25.4 Å². The van der Waals surface area contributed by atoms with Crippen molar-refractivity contribution in [3.63, 3.8) is 0 Å². The highest BCUT2D eigenvalue weighted by molar-refractivity contribution is 5.95. The predicted molar refractivity (Wildman–Crippen MR) is 77.4 cm³/mol. The number of aliphatic hydroxyl groups is 1. The van der Waals surface area contributed by atoms with Crippen LogP contribution in [-0.2, 0) is 0 Å². The van der Waals surface area contributed by atoms with Gasteiger partial charge in [-0.05, 0) is 45.9 Å². The van der Waals surface area contributed by atoms with Crippen molar-refractivity contribution in [2.24, 2.45) is 0 Å². The van der Waals surface area contributed by atoms with Crippen LogP contribution in [0, 0.1) is 0 Å². The molecular weight excluding hydrogens is 258 g/mol. The average Bonchev–Trinajstić information content (AvgIpc) is 2.40. The van der Waals surface area contributed by atoms with Gasteiger partial charge in [-0.1, -0.05) is 0 Å². The molecule has 0 aliphatic heterocycles. The molecule has 0 aliphatic carbocycles. The Balaban J connectivity index is 2.96. The first-order valence-electron chi connectivity index (χ1n) is 6.76. The molecular formula is C15H23NO4. The maximum absolute atomic E-state index is 12.1. The van der Waals surface area contributed by atoms with Gasteiger partial charge in [-0.15, -0.1) is 0 Å². The number of benzene rings is 1. The van der Waals surface area contributed by atoms with Crippen LogP contribution in [0.2, 0.25) is 0 Å². The van der Waals surface area contributed by atoms with E-state index in [0.717, 1.165) is 0 Å². The van der Waals surface area contributed by atoms with Crippen molar-refractivity contribution in [2.45, 2.75) is 33.2 Å². The largest absolute Gasteiger partial charge is 0.490 e. The first-order chi connectivity index (χ1) is 9.43. The molecule has 0 spiro atoms. The third-order valence-electron chi connectivity index (χ3n) is 2.65. The maximum atomic E-state index is 12.1. The lowest BCUT2D eigenvalue weighted by atomic mass is 10.1. The first-order valence-corrected chi connectivity index (χ1v) is 6.76. The van der Waals surface area contributed by atoms with Crippen LogP contribution in [0.3, 0.4) is 0 Å². The molecule has 0 radical (unpaired) electrons. The summed E-state index contributed by atoms with van der Waals surface area (Å²) in [6.45, 7) is 8.16. The number of carbonyl (C=O) groups is 1. The van der Waals surface area contributed by atoms with E-state index < -0.39 is 5.54 Å².